The number of amides is 1. The molecule has 0 saturated heterocycles. The lowest BCUT2D eigenvalue weighted by Gasteiger charge is -2.01. The molecule has 1 amide bonds. The maximum absolute atomic E-state index is 11.2. The predicted molar refractivity (Wildman–Crippen MR) is 48.6 cm³/mol. The van der Waals surface area contributed by atoms with Crippen LogP contribution in [0.4, 0.5) is 5.69 Å². The van der Waals surface area contributed by atoms with Crippen LogP contribution < -0.4 is 11.1 Å². The Labute approximate surface area is 79.8 Å². The van der Waals surface area contributed by atoms with Crippen LogP contribution in [0.15, 0.2) is 18.5 Å². The molecule has 0 saturated carbocycles. The van der Waals surface area contributed by atoms with Crippen molar-refractivity contribution in [3.63, 3.8) is 0 Å². The van der Waals surface area contributed by atoms with E-state index in [2.05, 4.69) is 10.3 Å². The summed E-state index contributed by atoms with van der Waals surface area (Å²) in [5.74, 6) is -1.61. The molecule has 0 aliphatic carbocycles. The standard InChI is InChI=1S/C8H9N3O3/c9-6-1-5(2-10-3-6)8(14)11-4-7(12)13/h1-3H,4,9H2,(H,11,14)(H,12,13). The third-order valence-electron chi connectivity index (χ3n) is 1.42. The molecule has 4 N–H and O–H groups in total. The van der Waals surface area contributed by atoms with Gasteiger partial charge in [0.2, 0.25) is 0 Å². The zero-order valence-corrected chi connectivity index (χ0v) is 7.23. The number of carboxylic acid groups (broad SMARTS) is 1. The summed E-state index contributed by atoms with van der Waals surface area (Å²) < 4.78 is 0. The highest BCUT2D eigenvalue weighted by Crippen LogP contribution is 2.02. The minimum Gasteiger partial charge on any atom is -0.480 e. The van der Waals surface area contributed by atoms with E-state index >= 15 is 0 Å². The summed E-state index contributed by atoms with van der Waals surface area (Å²) in [6.45, 7) is -0.423. The molecule has 74 valence electrons. The summed E-state index contributed by atoms with van der Waals surface area (Å²) in [4.78, 5) is 25.1. The zero-order valence-electron chi connectivity index (χ0n) is 7.23. The Balaban J connectivity index is 2.65. The van der Waals surface area contributed by atoms with Gasteiger partial charge in [0.1, 0.15) is 6.54 Å². The number of pyridine rings is 1. The van der Waals surface area contributed by atoms with Gasteiger partial charge in [0.05, 0.1) is 11.3 Å². The molecular weight excluding hydrogens is 186 g/mol. The fourth-order valence-corrected chi connectivity index (χ4v) is 0.840. The highest BCUT2D eigenvalue weighted by Gasteiger charge is 2.07. The van der Waals surface area contributed by atoms with Gasteiger partial charge >= 0.3 is 5.97 Å². The van der Waals surface area contributed by atoms with E-state index in [9.17, 15) is 9.59 Å². The van der Waals surface area contributed by atoms with Gasteiger partial charge in [0, 0.05) is 12.4 Å². The smallest absolute Gasteiger partial charge is 0.322 e. The Morgan fingerprint density at radius 1 is 1.50 bits per heavy atom. The van der Waals surface area contributed by atoms with E-state index in [1.54, 1.807) is 0 Å². The van der Waals surface area contributed by atoms with E-state index in [-0.39, 0.29) is 5.56 Å². The number of carbonyl (C=O) groups is 2. The summed E-state index contributed by atoms with van der Waals surface area (Å²) in [7, 11) is 0. The zero-order chi connectivity index (χ0) is 10.6. The number of aliphatic carboxylic acids is 1. The average Bonchev–Trinajstić information content (AvgIpc) is 2.14. The maximum Gasteiger partial charge on any atom is 0.322 e. The van der Waals surface area contributed by atoms with Crippen molar-refractivity contribution in [1.29, 1.82) is 0 Å². The molecule has 6 heteroatoms. The summed E-state index contributed by atoms with van der Waals surface area (Å²) in [6.07, 6.45) is 2.71. The highest BCUT2D eigenvalue weighted by molar-refractivity contribution is 5.96. The lowest BCUT2D eigenvalue weighted by atomic mass is 10.2. The molecule has 1 heterocycles. The van der Waals surface area contributed by atoms with Gasteiger partial charge in [-0.3, -0.25) is 14.6 Å². The molecule has 6 nitrogen and oxygen atoms in total. The van der Waals surface area contributed by atoms with Crippen molar-refractivity contribution in [2.24, 2.45) is 0 Å². The largest absolute Gasteiger partial charge is 0.480 e. The van der Waals surface area contributed by atoms with Crippen LogP contribution in [0, 0.1) is 0 Å². The van der Waals surface area contributed by atoms with E-state index in [0.29, 0.717) is 5.69 Å². The molecule has 14 heavy (non-hydrogen) atoms. The van der Waals surface area contributed by atoms with Crippen LogP contribution >= 0.6 is 0 Å². The van der Waals surface area contributed by atoms with Crippen molar-refractivity contribution in [2.45, 2.75) is 0 Å². The average molecular weight is 195 g/mol. The Hall–Kier alpha value is -2.11. The second-order valence-corrected chi connectivity index (χ2v) is 2.58. The van der Waals surface area contributed by atoms with Gasteiger partial charge in [0.15, 0.2) is 0 Å². The summed E-state index contributed by atoms with van der Waals surface area (Å²) in [5.41, 5.74) is 5.99. The number of nitrogen functional groups attached to an aromatic ring is 1. The highest BCUT2D eigenvalue weighted by atomic mass is 16.4. The van der Waals surface area contributed by atoms with Gasteiger partial charge in [-0.2, -0.15) is 0 Å². The van der Waals surface area contributed by atoms with Gasteiger partial charge < -0.3 is 16.2 Å². The van der Waals surface area contributed by atoms with E-state index < -0.39 is 18.4 Å². The molecule has 1 aromatic rings. The SMILES string of the molecule is Nc1cncc(C(=O)NCC(=O)O)c1. The third-order valence-corrected chi connectivity index (χ3v) is 1.42. The van der Waals surface area contributed by atoms with Crippen molar-refractivity contribution in [2.75, 3.05) is 12.3 Å². The number of anilines is 1. The monoisotopic (exact) mass is 195 g/mol. The summed E-state index contributed by atoms with van der Waals surface area (Å²) >= 11 is 0. The van der Waals surface area contributed by atoms with Gasteiger partial charge in [-0.15, -0.1) is 0 Å². The van der Waals surface area contributed by atoms with E-state index in [0.717, 1.165) is 0 Å². The van der Waals surface area contributed by atoms with Crippen LogP contribution in [0.5, 0.6) is 0 Å². The fraction of sp³-hybridized carbons (Fsp3) is 0.125. The first-order chi connectivity index (χ1) is 6.59. The van der Waals surface area contributed by atoms with Crippen LogP contribution in [0.2, 0.25) is 0 Å². The minimum absolute atomic E-state index is 0.242. The van der Waals surface area contributed by atoms with Crippen LogP contribution in [-0.2, 0) is 4.79 Å². The quantitative estimate of drug-likeness (QED) is 0.601. The molecule has 0 aromatic carbocycles. The van der Waals surface area contributed by atoms with E-state index in [1.165, 1.54) is 18.5 Å². The lowest BCUT2D eigenvalue weighted by molar-refractivity contribution is -0.135. The number of nitrogens with zero attached hydrogens (tertiary/aromatic N) is 1. The Kier molecular flexibility index (Phi) is 3.01. The number of carbonyl (C=O) groups excluding carboxylic acids is 1. The van der Waals surface area contributed by atoms with Gasteiger partial charge in [-0.1, -0.05) is 0 Å². The topological polar surface area (TPSA) is 105 Å². The van der Waals surface area contributed by atoms with Crippen molar-refractivity contribution >= 4 is 17.6 Å². The van der Waals surface area contributed by atoms with E-state index in [1.807, 2.05) is 0 Å². The van der Waals surface area contributed by atoms with Crippen LogP contribution in [0.3, 0.4) is 0 Å². The predicted octanol–water partition coefficient (Wildman–Crippen LogP) is -0.522. The van der Waals surface area contributed by atoms with Crippen molar-refractivity contribution < 1.29 is 14.7 Å². The molecular formula is C8H9N3O3. The van der Waals surface area contributed by atoms with Crippen LogP contribution in [-0.4, -0.2) is 28.5 Å². The van der Waals surface area contributed by atoms with Gasteiger partial charge in [-0.25, -0.2) is 0 Å². The van der Waals surface area contributed by atoms with Crippen molar-refractivity contribution in [3.8, 4) is 0 Å². The number of rotatable bonds is 3. The third kappa shape index (κ3) is 2.74. The Morgan fingerprint density at radius 3 is 2.79 bits per heavy atom. The molecule has 0 aliphatic heterocycles. The number of hydrogen-bond donors (Lipinski definition) is 3. The van der Waals surface area contributed by atoms with Crippen LogP contribution in [0.25, 0.3) is 0 Å². The molecule has 0 atom stereocenters. The molecule has 1 rings (SSSR count). The number of carboxylic acids is 1. The molecule has 0 bridgehead atoms. The molecule has 0 fully saturated rings. The second kappa shape index (κ2) is 4.22. The second-order valence-electron chi connectivity index (χ2n) is 2.58. The summed E-state index contributed by atoms with van der Waals surface area (Å²) in [6, 6.07) is 1.42. The Morgan fingerprint density at radius 2 is 2.21 bits per heavy atom. The number of hydrogen-bond acceptors (Lipinski definition) is 4. The first-order valence-corrected chi connectivity index (χ1v) is 3.80. The number of nitrogens with one attached hydrogen (secondary N) is 1. The maximum atomic E-state index is 11.2. The molecule has 0 aliphatic rings. The normalized spacial score (nSPS) is 9.43. The summed E-state index contributed by atoms with van der Waals surface area (Å²) in [5, 5.41) is 10.5. The molecule has 1 aromatic heterocycles. The molecule has 0 unspecified atom stereocenters. The number of aromatic nitrogens is 1. The molecule has 0 spiro atoms. The van der Waals surface area contributed by atoms with E-state index in [4.69, 9.17) is 10.8 Å². The lowest BCUT2D eigenvalue weighted by Crippen LogP contribution is -2.29. The van der Waals surface area contributed by atoms with Crippen molar-refractivity contribution in [3.05, 3.63) is 24.0 Å². The van der Waals surface area contributed by atoms with Gasteiger partial charge in [0.25, 0.3) is 5.91 Å². The minimum atomic E-state index is -1.10. The number of nitrogens with two attached hydrogens (primary N) is 1. The first-order valence-electron chi connectivity index (χ1n) is 3.80. The molecule has 0 radical (unpaired) electrons. The fourth-order valence-electron chi connectivity index (χ4n) is 0.840. The Bertz CT molecular complexity index is 365. The van der Waals surface area contributed by atoms with Crippen molar-refractivity contribution in [1.82, 2.24) is 10.3 Å². The first kappa shape index (κ1) is 9.97. The van der Waals surface area contributed by atoms with Crippen LogP contribution in [0.1, 0.15) is 10.4 Å². The van der Waals surface area contributed by atoms with Gasteiger partial charge in [-0.05, 0) is 6.07 Å².